The number of amides is 1. The van der Waals surface area contributed by atoms with Gasteiger partial charge in [-0.15, -0.1) is 0 Å². The van der Waals surface area contributed by atoms with Crippen LogP contribution in [-0.4, -0.2) is 35.2 Å². The zero-order valence-electron chi connectivity index (χ0n) is 17.8. The minimum atomic E-state index is -0.425. The van der Waals surface area contributed by atoms with E-state index in [0.29, 0.717) is 26.3 Å². The van der Waals surface area contributed by atoms with Crippen molar-refractivity contribution in [1.82, 2.24) is 20.4 Å². The lowest BCUT2D eigenvalue weighted by molar-refractivity contribution is -0.117. The van der Waals surface area contributed by atoms with Crippen LogP contribution in [0.5, 0.6) is 11.5 Å². The number of hydrogen-bond donors (Lipinski definition) is 3. The first-order valence-electron chi connectivity index (χ1n) is 10.7. The number of ether oxygens (including phenoxy) is 2. The molecule has 0 fully saturated rings. The molecular weight excluding hydrogens is 394 g/mol. The Hall–Kier alpha value is -2.94. The lowest BCUT2D eigenvalue weighted by Crippen LogP contribution is -2.38. The van der Waals surface area contributed by atoms with E-state index in [1.54, 1.807) is 0 Å². The van der Waals surface area contributed by atoms with E-state index in [1.807, 2.05) is 31.2 Å². The Bertz CT molecular complexity index is 1060. The van der Waals surface area contributed by atoms with Crippen molar-refractivity contribution in [3.05, 3.63) is 53.3 Å². The van der Waals surface area contributed by atoms with Gasteiger partial charge in [0.05, 0.1) is 30.7 Å². The van der Waals surface area contributed by atoms with Gasteiger partial charge in [-0.3, -0.25) is 4.79 Å². The molecular formula is C23H29N5O3. The summed E-state index contributed by atoms with van der Waals surface area (Å²) in [4.78, 5) is 15.6. The molecule has 1 amide bonds. The van der Waals surface area contributed by atoms with Crippen LogP contribution in [-0.2, 0) is 35.5 Å². The lowest BCUT2D eigenvalue weighted by atomic mass is 10.1. The number of rotatable bonds is 11. The first-order chi connectivity index (χ1) is 15.1. The summed E-state index contributed by atoms with van der Waals surface area (Å²) in [6.07, 6.45) is 3.50. The summed E-state index contributed by atoms with van der Waals surface area (Å²) in [6, 6.07) is 12.3. The van der Waals surface area contributed by atoms with Crippen LogP contribution in [0, 0.1) is 0 Å². The van der Waals surface area contributed by atoms with Gasteiger partial charge in [-0.2, -0.15) is 0 Å². The van der Waals surface area contributed by atoms with Crippen molar-refractivity contribution in [2.75, 3.05) is 19.8 Å². The predicted molar refractivity (Wildman–Crippen MR) is 119 cm³/mol. The van der Waals surface area contributed by atoms with Gasteiger partial charge in [0, 0.05) is 19.2 Å². The van der Waals surface area contributed by atoms with Crippen LogP contribution in [0.1, 0.15) is 30.3 Å². The second kappa shape index (κ2) is 9.91. The Morgan fingerprint density at radius 1 is 1.13 bits per heavy atom. The molecule has 0 atom stereocenters. The van der Waals surface area contributed by atoms with Crippen LogP contribution in [0.3, 0.4) is 0 Å². The maximum Gasteiger partial charge on any atom is 0.232 e. The van der Waals surface area contributed by atoms with E-state index >= 15 is 0 Å². The first kappa shape index (κ1) is 21.3. The Morgan fingerprint density at radius 3 is 2.77 bits per heavy atom. The van der Waals surface area contributed by atoms with Gasteiger partial charge in [-0.1, -0.05) is 6.07 Å². The van der Waals surface area contributed by atoms with Gasteiger partial charge in [0.1, 0.15) is 17.3 Å². The fourth-order valence-electron chi connectivity index (χ4n) is 3.94. The molecule has 1 heterocycles. The van der Waals surface area contributed by atoms with E-state index < -0.39 is 5.91 Å². The fourth-order valence-corrected chi connectivity index (χ4v) is 3.94. The van der Waals surface area contributed by atoms with E-state index in [0.717, 1.165) is 41.2 Å². The summed E-state index contributed by atoms with van der Waals surface area (Å²) in [5.41, 5.74) is 15.6. The van der Waals surface area contributed by atoms with E-state index in [4.69, 9.17) is 20.2 Å². The minimum Gasteiger partial charge on any atom is -0.457 e. The molecule has 1 aliphatic rings. The van der Waals surface area contributed by atoms with Crippen molar-refractivity contribution in [3.8, 4) is 11.5 Å². The minimum absolute atomic E-state index is 0.0535. The highest BCUT2D eigenvalue weighted by molar-refractivity contribution is 5.78. The lowest BCUT2D eigenvalue weighted by Gasteiger charge is -2.11. The summed E-state index contributed by atoms with van der Waals surface area (Å²) in [7, 11) is 0. The van der Waals surface area contributed by atoms with Gasteiger partial charge < -0.3 is 19.8 Å². The molecule has 4 N–H and O–H groups in total. The second-order valence-electron chi connectivity index (χ2n) is 7.59. The molecule has 0 unspecified atom stereocenters. The Morgan fingerprint density at radius 2 is 1.94 bits per heavy atom. The summed E-state index contributed by atoms with van der Waals surface area (Å²) in [5, 5.41) is 0. The number of carbonyl (C=O) groups is 1. The standard InChI is InChI=1S/C23H29N5O3/c1-2-30-11-10-28-21-13-19(31-18-7-6-16-4-3-5-17(16)12-18)8-9-20(21)27-23(28)15-26-25-14-22(24)29/h6-9,12-13,25-26H,2-5,10-11,14-15H2,1H3,(H2,24,29). The van der Waals surface area contributed by atoms with Gasteiger partial charge in [-0.05, 0) is 61.6 Å². The molecule has 164 valence electrons. The predicted octanol–water partition coefficient (Wildman–Crippen LogP) is 2.43. The maximum absolute atomic E-state index is 10.9. The third-order valence-electron chi connectivity index (χ3n) is 5.40. The topological polar surface area (TPSA) is 103 Å². The average molecular weight is 424 g/mol. The molecule has 2 aromatic carbocycles. The van der Waals surface area contributed by atoms with Gasteiger partial charge >= 0.3 is 0 Å². The number of imidazole rings is 1. The normalized spacial score (nSPS) is 12.9. The zero-order valence-corrected chi connectivity index (χ0v) is 17.8. The molecule has 0 bridgehead atoms. The highest BCUT2D eigenvalue weighted by Crippen LogP contribution is 2.30. The summed E-state index contributed by atoms with van der Waals surface area (Å²) in [6.45, 7) is 4.38. The molecule has 0 aliphatic heterocycles. The van der Waals surface area contributed by atoms with Crippen molar-refractivity contribution >= 4 is 16.9 Å². The molecule has 3 aromatic rings. The number of aryl methyl sites for hydroxylation is 2. The number of primary amides is 1. The third-order valence-corrected chi connectivity index (χ3v) is 5.40. The Kier molecular flexibility index (Phi) is 6.81. The van der Waals surface area contributed by atoms with E-state index in [-0.39, 0.29) is 6.54 Å². The largest absolute Gasteiger partial charge is 0.457 e. The van der Waals surface area contributed by atoms with Crippen LogP contribution >= 0.6 is 0 Å². The van der Waals surface area contributed by atoms with Crippen LogP contribution < -0.4 is 21.3 Å². The molecule has 0 saturated carbocycles. The van der Waals surface area contributed by atoms with Gasteiger partial charge in [0.25, 0.3) is 0 Å². The molecule has 1 aliphatic carbocycles. The summed E-state index contributed by atoms with van der Waals surface area (Å²) >= 11 is 0. The van der Waals surface area contributed by atoms with Gasteiger partial charge in [0.15, 0.2) is 0 Å². The van der Waals surface area contributed by atoms with Crippen LogP contribution in [0.4, 0.5) is 0 Å². The van der Waals surface area contributed by atoms with Crippen molar-refractivity contribution in [3.63, 3.8) is 0 Å². The molecule has 8 heteroatoms. The smallest absolute Gasteiger partial charge is 0.232 e. The number of nitrogens with one attached hydrogen (secondary N) is 2. The Balaban J connectivity index is 1.55. The molecule has 1 aromatic heterocycles. The first-order valence-corrected chi connectivity index (χ1v) is 10.7. The number of nitrogens with zero attached hydrogens (tertiary/aromatic N) is 2. The molecule has 4 rings (SSSR count). The Labute approximate surface area is 181 Å². The monoisotopic (exact) mass is 423 g/mol. The van der Waals surface area contributed by atoms with Crippen molar-refractivity contribution in [2.24, 2.45) is 5.73 Å². The molecule has 8 nitrogen and oxygen atoms in total. The van der Waals surface area contributed by atoms with E-state index in [1.165, 1.54) is 17.5 Å². The number of nitrogens with two attached hydrogens (primary N) is 1. The highest BCUT2D eigenvalue weighted by Gasteiger charge is 2.14. The highest BCUT2D eigenvalue weighted by atomic mass is 16.5. The number of hydrogen-bond acceptors (Lipinski definition) is 6. The number of fused-ring (bicyclic) bond motifs is 2. The van der Waals surface area contributed by atoms with Crippen molar-refractivity contribution < 1.29 is 14.3 Å². The molecule has 0 radical (unpaired) electrons. The second-order valence-corrected chi connectivity index (χ2v) is 7.59. The summed E-state index contributed by atoms with van der Waals surface area (Å²) in [5.74, 6) is 2.04. The number of hydrazine groups is 1. The van der Waals surface area contributed by atoms with Gasteiger partial charge in [-0.25, -0.2) is 15.8 Å². The van der Waals surface area contributed by atoms with Crippen LogP contribution in [0.15, 0.2) is 36.4 Å². The molecule has 0 spiro atoms. The number of carbonyl (C=O) groups excluding carboxylic acids is 1. The number of benzene rings is 2. The maximum atomic E-state index is 10.9. The average Bonchev–Trinajstić information content (AvgIpc) is 3.35. The van der Waals surface area contributed by atoms with Crippen LogP contribution in [0.2, 0.25) is 0 Å². The molecule has 31 heavy (non-hydrogen) atoms. The van der Waals surface area contributed by atoms with Crippen molar-refractivity contribution in [2.45, 2.75) is 39.3 Å². The summed E-state index contributed by atoms with van der Waals surface area (Å²) < 4.78 is 13.8. The SMILES string of the molecule is CCOCCn1c(CNNCC(N)=O)nc2ccc(Oc3ccc4c(c3)CCC4)cc21. The fraction of sp³-hybridized carbons (Fsp3) is 0.391. The quantitative estimate of drug-likeness (QED) is 0.323. The zero-order chi connectivity index (χ0) is 21.6. The number of aromatic nitrogens is 2. The van der Waals surface area contributed by atoms with E-state index in [9.17, 15) is 4.79 Å². The van der Waals surface area contributed by atoms with Crippen LogP contribution in [0.25, 0.3) is 11.0 Å². The van der Waals surface area contributed by atoms with Crippen molar-refractivity contribution in [1.29, 1.82) is 0 Å². The van der Waals surface area contributed by atoms with Gasteiger partial charge in [0.2, 0.25) is 5.91 Å². The van der Waals surface area contributed by atoms with E-state index in [2.05, 4.69) is 27.6 Å². The third kappa shape index (κ3) is 5.22. The molecule has 0 saturated heterocycles.